The van der Waals surface area contributed by atoms with E-state index in [0.29, 0.717) is 16.0 Å². The molecule has 0 aliphatic heterocycles. The highest BCUT2D eigenvalue weighted by Crippen LogP contribution is 2.20. The largest absolute Gasteiger partial charge is 0.619 e. The van der Waals surface area contributed by atoms with Gasteiger partial charge in [-0.05, 0) is 37.6 Å². The summed E-state index contributed by atoms with van der Waals surface area (Å²) in [5.74, 6) is 0.252. The second-order valence-electron chi connectivity index (χ2n) is 5.42. The summed E-state index contributed by atoms with van der Waals surface area (Å²) >= 11 is 0. The number of benzene rings is 1. The van der Waals surface area contributed by atoms with Crippen LogP contribution in [0.4, 0.5) is 0 Å². The predicted molar refractivity (Wildman–Crippen MR) is 84.9 cm³/mol. The van der Waals surface area contributed by atoms with Crippen molar-refractivity contribution in [1.82, 2.24) is 5.32 Å². The van der Waals surface area contributed by atoms with E-state index in [9.17, 15) is 15.1 Å². The molecule has 122 valence electrons. The van der Waals surface area contributed by atoms with Crippen LogP contribution in [0.25, 0.3) is 0 Å². The Bertz CT molecular complexity index is 673. The minimum atomic E-state index is -0.863. The molecule has 1 heterocycles. The number of rotatable bonds is 6. The molecule has 2 rings (SSSR count). The van der Waals surface area contributed by atoms with Gasteiger partial charge in [0.15, 0.2) is 12.4 Å². The van der Waals surface area contributed by atoms with E-state index >= 15 is 0 Å². The number of aliphatic hydroxyl groups is 1. The molecule has 0 spiro atoms. The van der Waals surface area contributed by atoms with Crippen LogP contribution in [0.15, 0.2) is 48.8 Å². The first-order valence-electron chi connectivity index (χ1n) is 7.37. The topological polar surface area (TPSA) is 85.5 Å². The van der Waals surface area contributed by atoms with Crippen molar-refractivity contribution in [2.24, 2.45) is 0 Å². The maximum absolute atomic E-state index is 11.9. The molecular weight excluding hydrogens is 296 g/mol. The number of pyridine rings is 1. The molecule has 23 heavy (non-hydrogen) atoms. The molecule has 2 aromatic rings. The molecule has 1 unspecified atom stereocenters. The summed E-state index contributed by atoms with van der Waals surface area (Å²) in [5.41, 5.74) is 0.891. The predicted octanol–water partition coefficient (Wildman–Crippen LogP) is 1.57. The van der Waals surface area contributed by atoms with Crippen LogP contribution in [0.2, 0.25) is 0 Å². The lowest BCUT2D eigenvalue weighted by Gasteiger charge is -2.15. The minimum Gasteiger partial charge on any atom is -0.619 e. The van der Waals surface area contributed by atoms with Crippen LogP contribution in [0.1, 0.15) is 35.9 Å². The van der Waals surface area contributed by atoms with Crippen molar-refractivity contribution in [1.29, 1.82) is 0 Å². The van der Waals surface area contributed by atoms with Crippen LogP contribution in [0, 0.1) is 5.21 Å². The zero-order chi connectivity index (χ0) is 16.8. The van der Waals surface area contributed by atoms with Gasteiger partial charge in [-0.1, -0.05) is 12.1 Å². The number of amides is 1. The minimum absolute atomic E-state index is 0.0394. The molecule has 0 aliphatic carbocycles. The van der Waals surface area contributed by atoms with Gasteiger partial charge in [0.1, 0.15) is 11.3 Å². The summed E-state index contributed by atoms with van der Waals surface area (Å²) in [4.78, 5) is 11.9. The zero-order valence-electron chi connectivity index (χ0n) is 13.1. The molecule has 0 radical (unpaired) electrons. The third-order valence-corrected chi connectivity index (χ3v) is 3.11. The van der Waals surface area contributed by atoms with Gasteiger partial charge in [0.25, 0.3) is 5.91 Å². The van der Waals surface area contributed by atoms with Gasteiger partial charge in [0.2, 0.25) is 0 Å². The Morgan fingerprint density at radius 2 is 2.13 bits per heavy atom. The third-order valence-electron chi connectivity index (χ3n) is 3.11. The van der Waals surface area contributed by atoms with Crippen LogP contribution in [0.5, 0.6) is 5.75 Å². The fraction of sp³-hybridized carbons (Fsp3) is 0.294. The van der Waals surface area contributed by atoms with Gasteiger partial charge in [-0.2, -0.15) is 4.73 Å². The fourth-order valence-corrected chi connectivity index (χ4v) is 2.07. The van der Waals surface area contributed by atoms with Crippen molar-refractivity contribution in [2.45, 2.75) is 26.1 Å². The van der Waals surface area contributed by atoms with Crippen molar-refractivity contribution in [3.05, 3.63) is 65.1 Å². The molecule has 1 amide bonds. The number of hydrogen-bond acceptors (Lipinski definition) is 4. The van der Waals surface area contributed by atoms with Crippen LogP contribution in [-0.2, 0) is 0 Å². The highest BCUT2D eigenvalue weighted by Gasteiger charge is 2.13. The lowest BCUT2D eigenvalue weighted by Crippen LogP contribution is -2.32. The zero-order valence-corrected chi connectivity index (χ0v) is 13.1. The van der Waals surface area contributed by atoms with Gasteiger partial charge in [-0.25, -0.2) is 0 Å². The molecule has 1 atom stereocenters. The molecule has 0 bridgehead atoms. The highest BCUT2D eigenvalue weighted by molar-refractivity contribution is 5.93. The lowest BCUT2D eigenvalue weighted by atomic mass is 10.1. The van der Waals surface area contributed by atoms with E-state index in [0.717, 1.165) is 0 Å². The first-order valence-corrected chi connectivity index (χ1v) is 7.37. The van der Waals surface area contributed by atoms with Crippen LogP contribution in [0.3, 0.4) is 0 Å². The van der Waals surface area contributed by atoms with Gasteiger partial charge in [-0.15, -0.1) is 0 Å². The number of nitrogens with zero attached hydrogens (tertiary/aromatic N) is 1. The SMILES string of the molecule is CC(C)Oc1cccc(C(O)CNC(=O)c2ccc[n+]([O-])c2)c1. The Hall–Kier alpha value is -2.60. The Labute approximate surface area is 134 Å². The van der Waals surface area contributed by atoms with Gasteiger partial charge < -0.3 is 20.4 Å². The Morgan fingerprint density at radius 3 is 2.83 bits per heavy atom. The third kappa shape index (κ3) is 4.96. The number of nitrogens with one attached hydrogen (secondary N) is 1. The summed E-state index contributed by atoms with van der Waals surface area (Å²) in [5, 5.41) is 23.9. The molecular formula is C17H20N2O4. The van der Waals surface area contributed by atoms with Crippen molar-refractivity contribution >= 4 is 5.91 Å². The first-order chi connectivity index (χ1) is 11.0. The normalized spacial score (nSPS) is 12.0. The number of hydrogen-bond donors (Lipinski definition) is 2. The van der Waals surface area contributed by atoms with E-state index in [2.05, 4.69) is 5.32 Å². The van der Waals surface area contributed by atoms with E-state index in [4.69, 9.17) is 4.74 Å². The number of carbonyl (C=O) groups is 1. The van der Waals surface area contributed by atoms with Crippen molar-refractivity contribution in [3.8, 4) is 5.75 Å². The van der Waals surface area contributed by atoms with E-state index in [1.807, 2.05) is 19.9 Å². The van der Waals surface area contributed by atoms with Crippen molar-refractivity contribution in [2.75, 3.05) is 6.54 Å². The van der Waals surface area contributed by atoms with Crippen LogP contribution < -0.4 is 14.8 Å². The van der Waals surface area contributed by atoms with Crippen LogP contribution in [-0.4, -0.2) is 23.7 Å². The monoisotopic (exact) mass is 316 g/mol. The van der Waals surface area contributed by atoms with Gasteiger partial charge in [0.05, 0.1) is 12.2 Å². The van der Waals surface area contributed by atoms with E-state index in [1.165, 1.54) is 24.5 Å². The Balaban J connectivity index is 1.96. The summed E-state index contributed by atoms with van der Waals surface area (Å²) < 4.78 is 6.13. The van der Waals surface area contributed by atoms with E-state index in [-0.39, 0.29) is 18.2 Å². The Morgan fingerprint density at radius 1 is 1.35 bits per heavy atom. The molecule has 0 fully saturated rings. The van der Waals surface area contributed by atoms with Crippen LogP contribution >= 0.6 is 0 Å². The fourth-order valence-electron chi connectivity index (χ4n) is 2.07. The smallest absolute Gasteiger partial charge is 0.257 e. The molecule has 2 N–H and O–H groups in total. The van der Waals surface area contributed by atoms with Gasteiger partial charge >= 0.3 is 0 Å². The summed E-state index contributed by atoms with van der Waals surface area (Å²) in [6, 6.07) is 10.1. The molecule has 6 heteroatoms. The number of aromatic nitrogens is 1. The number of aliphatic hydroxyl groups excluding tert-OH is 1. The molecule has 1 aromatic heterocycles. The van der Waals surface area contributed by atoms with Gasteiger partial charge in [-0.3, -0.25) is 4.79 Å². The Kier molecular flexibility index (Phi) is 5.54. The van der Waals surface area contributed by atoms with E-state index < -0.39 is 12.0 Å². The maximum atomic E-state index is 11.9. The second-order valence-corrected chi connectivity index (χ2v) is 5.42. The van der Waals surface area contributed by atoms with Crippen molar-refractivity contribution < 1.29 is 19.4 Å². The second kappa shape index (κ2) is 7.60. The summed E-state index contributed by atoms with van der Waals surface area (Å²) in [6.07, 6.45) is 1.65. The summed E-state index contributed by atoms with van der Waals surface area (Å²) in [6.45, 7) is 3.88. The average Bonchev–Trinajstić information content (AvgIpc) is 2.52. The highest BCUT2D eigenvalue weighted by atomic mass is 16.5. The number of ether oxygens (including phenoxy) is 1. The molecule has 0 saturated heterocycles. The van der Waals surface area contributed by atoms with Crippen molar-refractivity contribution in [3.63, 3.8) is 0 Å². The summed E-state index contributed by atoms with van der Waals surface area (Å²) in [7, 11) is 0. The average molecular weight is 316 g/mol. The molecule has 0 saturated carbocycles. The maximum Gasteiger partial charge on any atom is 0.257 e. The number of carbonyl (C=O) groups excluding carboxylic acids is 1. The molecule has 1 aromatic carbocycles. The standard InChI is InChI=1S/C17H20N2O4/c1-12(2)23-15-7-3-5-13(9-15)16(20)10-18-17(21)14-6-4-8-19(22)11-14/h3-9,11-12,16,20H,10H2,1-2H3,(H,18,21). The molecule has 6 nitrogen and oxygen atoms in total. The van der Waals surface area contributed by atoms with Gasteiger partial charge in [0, 0.05) is 12.6 Å². The molecule has 0 aliphatic rings. The quantitative estimate of drug-likeness (QED) is 0.626. The van der Waals surface area contributed by atoms with E-state index in [1.54, 1.807) is 18.2 Å². The lowest BCUT2D eigenvalue weighted by molar-refractivity contribution is -0.605. The first kappa shape index (κ1) is 16.8.